The van der Waals surface area contributed by atoms with Crippen molar-refractivity contribution in [3.63, 3.8) is 0 Å². The minimum absolute atomic E-state index is 0.151. The van der Waals surface area contributed by atoms with Crippen LogP contribution in [0.2, 0.25) is 10.0 Å². The van der Waals surface area contributed by atoms with E-state index in [4.69, 9.17) is 32.7 Å². The zero-order valence-corrected chi connectivity index (χ0v) is 34.0. The number of halogens is 2. The molecule has 0 saturated carbocycles. The number of rotatable bonds is 16. The molecule has 7 heteroatoms. The van der Waals surface area contributed by atoms with E-state index in [1.165, 1.54) is 0 Å². The third-order valence-corrected chi connectivity index (χ3v) is 13.2. The first-order valence-electron chi connectivity index (χ1n) is 17.9. The second-order valence-corrected chi connectivity index (χ2v) is 17.7. The quantitative estimate of drug-likeness (QED) is 0.0721. The standard InChI is InChI=1S/C47H44Cl2O3S2/c1-46(25-27-51-3,53-38-15-7-5-8-16-38)44(42-19-11-13-33-29-35(48)21-23-40(33)42)31-37(50)32-45(43-20-12-14-34-30-36(49)22-24-41(34)43)47(2,26-28-52-4)54-39-17-9-6-10-18-39/h5-30,44-45H,31-32H2,1-4H3. The molecule has 3 nitrogen and oxygen atoms in total. The Morgan fingerprint density at radius 1 is 0.593 bits per heavy atom. The van der Waals surface area contributed by atoms with Crippen LogP contribution in [0, 0.1) is 0 Å². The summed E-state index contributed by atoms with van der Waals surface area (Å²) >= 11 is 16.5. The highest BCUT2D eigenvalue weighted by atomic mass is 35.5. The van der Waals surface area contributed by atoms with Crippen molar-refractivity contribution >= 4 is 74.1 Å². The van der Waals surface area contributed by atoms with E-state index in [0.717, 1.165) is 42.5 Å². The molecular formula is C47H44Cl2O3S2. The molecule has 0 aliphatic rings. The molecule has 6 aromatic rings. The summed E-state index contributed by atoms with van der Waals surface area (Å²) in [6, 6.07) is 45.2. The van der Waals surface area contributed by atoms with E-state index < -0.39 is 9.49 Å². The van der Waals surface area contributed by atoms with Gasteiger partial charge in [-0.25, -0.2) is 0 Å². The zero-order chi connectivity index (χ0) is 38.1. The highest BCUT2D eigenvalue weighted by molar-refractivity contribution is 8.01. The molecule has 4 unspecified atom stereocenters. The molecule has 0 bridgehead atoms. The number of methoxy groups -OCH3 is 2. The molecule has 0 aromatic heterocycles. The molecule has 0 heterocycles. The van der Waals surface area contributed by atoms with Crippen LogP contribution >= 0.6 is 46.7 Å². The maximum atomic E-state index is 15.2. The second kappa shape index (κ2) is 18.0. The van der Waals surface area contributed by atoms with Gasteiger partial charge in [-0.15, -0.1) is 23.5 Å². The molecule has 276 valence electrons. The van der Waals surface area contributed by atoms with Gasteiger partial charge in [0.2, 0.25) is 0 Å². The van der Waals surface area contributed by atoms with Crippen molar-refractivity contribution < 1.29 is 14.3 Å². The highest BCUT2D eigenvalue weighted by Gasteiger charge is 2.41. The van der Waals surface area contributed by atoms with Gasteiger partial charge in [0, 0.05) is 54.0 Å². The Morgan fingerprint density at radius 3 is 1.39 bits per heavy atom. The monoisotopic (exact) mass is 790 g/mol. The summed E-state index contributed by atoms with van der Waals surface area (Å²) < 4.78 is 9.95. The van der Waals surface area contributed by atoms with Crippen LogP contribution in [0.15, 0.2) is 168 Å². The lowest BCUT2D eigenvalue weighted by molar-refractivity contribution is -0.120. The molecule has 0 aliphatic heterocycles. The topological polar surface area (TPSA) is 35.5 Å². The smallest absolute Gasteiger partial charge is 0.134 e. The van der Waals surface area contributed by atoms with Gasteiger partial charge in [0.05, 0.1) is 26.7 Å². The summed E-state index contributed by atoms with van der Waals surface area (Å²) in [5.74, 6) is -0.319. The lowest BCUT2D eigenvalue weighted by Crippen LogP contribution is -2.33. The normalized spacial score (nSPS) is 15.2. The van der Waals surface area contributed by atoms with Gasteiger partial charge in [-0.3, -0.25) is 4.79 Å². The van der Waals surface area contributed by atoms with Gasteiger partial charge in [-0.2, -0.15) is 0 Å². The van der Waals surface area contributed by atoms with E-state index in [0.29, 0.717) is 22.9 Å². The summed E-state index contributed by atoms with van der Waals surface area (Å²) in [5, 5.41) is 5.55. The van der Waals surface area contributed by atoms with Crippen molar-refractivity contribution in [1.82, 2.24) is 0 Å². The van der Waals surface area contributed by atoms with Gasteiger partial charge in [0.25, 0.3) is 0 Å². The van der Waals surface area contributed by atoms with Gasteiger partial charge < -0.3 is 9.47 Å². The predicted molar refractivity (Wildman–Crippen MR) is 231 cm³/mol. The van der Waals surface area contributed by atoms with Crippen LogP contribution in [0.1, 0.15) is 49.7 Å². The molecule has 0 N–H and O–H groups in total. The van der Waals surface area contributed by atoms with E-state index in [9.17, 15) is 0 Å². The van der Waals surface area contributed by atoms with Crippen molar-refractivity contribution in [2.24, 2.45) is 0 Å². The van der Waals surface area contributed by atoms with Crippen LogP contribution in [-0.2, 0) is 14.3 Å². The summed E-state index contributed by atoms with van der Waals surface area (Å²) in [6.07, 6.45) is 8.25. The molecular weight excluding hydrogens is 748 g/mol. The Bertz CT molecular complexity index is 2100. The molecule has 0 saturated heterocycles. The molecule has 0 radical (unpaired) electrons. The van der Waals surface area contributed by atoms with Crippen molar-refractivity contribution in [3.05, 3.63) is 179 Å². The lowest BCUT2D eigenvalue weighted by Gasteiger charge is -2.38. The Kier molecular flexibility index (Phi) is 13.2. The van der Waals surface area contributed by atoms with E-state index >= 15 is 4.79 Å². The van der Waals surface area contributed by atoms with Crippen LogP contribution < -0.4 is 0 Å². The zero-order valence-electron chi connectivity index (χ0n) is 30.9. The van der Waals surface area contributed by atoms with Crippen molar-refractivity contribution in [1.29, 1.82) is 0 Å². The number of ketones is 1. The van der Waals surface area contributed by atoms with E-state index in [1.54, 1.807) is 50.3 Å². The third-order valence-electron chi connectivity index (χ3n) is 9.98. The summed E-state index contributed by atoms with van der Waals surface area (Å²) in [4.78, 5) is 17.4. The molecule has 0 aliphatic carbocycles. The number of carbonyl (C=O) groups excluding carboxylic acids is 1. The number of Topliss-reactive ketones (excluding diaryl/α,β-unsaturated/α-hetero) is 1. The van der Waals surface area contributed by atoms with Gasteiger partial charge in [0.1, 0.15) is 5.78 Å². The SMILES string of the molecule is COC=CC(C)(Sc1ccccc1)C(CC(=O)CC(c1cccc2cc(Cl)ccc12)C(C)(C=COC)Sc1ccccc1)c1cccc2cc(Cl)ccc12. The first-order chi connectivity index (χ1) is 26.1. The second-order valence-electron chi connectivity index (χ2n) is 13.8. The van der Waals surface area contributed by atoms with E-state index in [1.807, 2.05) is 60.7 Å². The molecule has 0 amide bonds. The van der Waals surface area contributed by atoms with Crippen molar-refractivity contribution in [2.75, 3.05) is 14.2 Å². The number of fused-ring (bicyclic) bond motifs is 2. The van der Waals surface area contributed by atoms with Crippen LogP contribution in [-0.4, -0.2) is 29.5 Å². The molecule has 6 aromatic carbocycles. The number of hydrogen-bond acceptors (Lipinski definition) is 5. The Morgan fingerprint density at radius 2 is 1.00 bits per heavy atom. The van der Waals surface area contributed by atoms with E-state index in [-0.39, 0.29) is 17.6 Å². The number of hydrogen-bond donors (Lipinski definition) is 0. The minimum Gasteiger partial charge on any atom is -0.505 e. The molecule has 0 spiro atoms. The predicted octanol–water partition coefficient (Wildman–Crippen LogP) is 13.9. The van der Waals surface area contributed by atoms with Crippen LogP contribution in [0.4, 0.5) is 0 Å². The largest absolute Gasteiger partial charge is 0.505 e. The number of benzene rings is 6. The number of ether oxygens (including phenoxy) is 2. The Balaban J connectivity index is 1.50. The summed E-state index contributed by atoms with van der Waals surface area (Å²) in [7, 11) is 3.32. The fraction of sp³-hybridized carbons (Fsp3) is 0.213. The first kappa shape index (κ1) is 39.6. The summed E-state index contributed by atoms with van der Waals surface area (Å²) in [5.41, 5.74) is 2.17. The van der Waals surface area contributed by atoms with Crippen LogP contribution in [0.25, 0.3) is 21.5 Å². The Labute approximate surface area is 337 Å². The average molecular weight is 792 g/mol. The molecule has 54 heavy (non-hydrogen) atoms. The average Bonchev–Trinajstić information content (AvgIpc) is 3.17. The summed E-state index contributed by atoms with van der Waals surface area (Å²) in [6.45, 7) is 4.41. The highest BCUT2D eigenvalue weighted by Crippen LogP contribution is 2.51. The fourth-order valence-electron chi connectivity index (χ4n) is 7.28. The van der Waals surface area contributed by atoms with Gasteiger partial charge in [-0.05, 0) is 107 Å². The van der Waals surface area contributed by atoms with Gasteiger partial charge in [-0.1, -0.05) is 108 Å². The van der Waals surface area contributed by atoms with E-state index in [2.05, 4.69) is 98.8 Å². The lowest BCUT2D eigenvalue weighted by atomic mass is 9.76. The minimum atomic E-state index is -0.579. The maximum Gasteiger partial charge on any atom is 0.134 e. The number of carbonyl (C=O) groups is 1. The fourth-order valence-corrected chi connectivity index (χ4v) is 10.2. The van der Waals surface area contributed by atoms with Crippen LogP contribution in [0.3, 0.4) is 0 Å². The van der Waals surface area contributed by atoms with Crippen molar-refractivity contribution in [2.45, 2.75) is 57.8 Å². The van der Waals surface area contributed by atoms with Crippen LogP contribution in [0.5, 0.6) is 0 Å². The Hall–Kier alpha value is -4.13. The third kappa shape index (κ3) is 9.38. The molecule has 6 rings (SSSR count). The van der Waals surface area contributed by atoms with Gasteiger partial charge in [0.15, 0.2) is 0 Å². The molecule has 4 atom stereocenters. The number of thioether (sulfide) groups is 2. The first-order valence-corrected chi connectivity index (χ1v) is 20.3. The van der Waals surface area contributed by atoms with Gasteiger partial charge >= 0.3 is 0 Å². The molecule has 0 fully saturated rings. The maximum absolute atomic E-state index is 15.2. The van der Waals surface area contributed by atoms with Crippen molar-refractivity contribution in [3.8, 4) is 0 Å².